The quantitative estimate of drug-likeness (QED) is 0.705. The summed E-state index contributed by atoms with van der Waals surface area (Å²) in [7, 11) is 2.13. The molecule has 1 unspecified atom stereocenters. The molecule has 21 heavy (non-hydrogen) atoms. The van der Waals surface area contributed by atoms with E-state index in [1.54, 1.807) is 0 Å². The Bertz CT molecular complexity index is 544. The van der Waals surface area contributed by atoms with Gasteiger partial charge in [-0.2, -0.15) is 0 Å². The first-order chi connectivity index (χ1) is 10.3. The monoisotopic (exact) mass is 287 g/mol. The molecular weight excluding hydrogens is 258 g/mol. The Hall–Kier alpha value is -1.35. The van der Waals surface area contributed by atoms with E-state index in [4.69, 9.17) is 4.98 Å². The van der Waals surface area contributed by atoms with Gasteiger partial charge in [0.15, 0.2) is 0 Å². The van der Waals surface area contributed by atoms with Crippen molar-refractivity contribution in [2.45, 2.75) is 58.4 Å². The van der Waals surface area contributed by atoms with E-state index in [9.17, 15) is 0 Å². The number of para-hydroxylation sites is 2. The topological polar surface area (TPSA) is 29.9 Å². The maximum atomic E-state index is 4.80. The van der Waals surface area contributed by atoms with Crippen LogP contribution in [0.5, 0.6) is 0 Å². The molecule has 1 atom stereocenters. The van der Waals surface area contributed by atoms with E-state index in [1.807, 2.05) is 0 Å². The van der Waals surface area contributed by atoms with Gasteiger partial charge in [-0.25, -0.2) is 4.98 Å². The van der Waals surface area contributed by atoms with Crippen molar-refractivity contribution in [2.24, 2.45) is 7.05 Å². The van der Waals surface area contributed by atoms with Crippen LogP contribution in [-0.2, 0) is 13.5 Å². The SMILES string of the molecule is CCCCCCC(Cc1nc2ccccc2n1C)NCC. The summed E-state index contributed by atoms with van der Waals surface area (Å²) in [6.45, 7) is 5.48. The molecule has 0 radical (unpaired) electrons. The van der Waals surface area contributed by atoms with E-state index in [2.05, 4.69) is 55.0 Å². The fraction of sp³-hybridized carbons (Fsp3) is 0.611. The van der Waals surface area contributed by atoms with Gasteiger partial charge in [-0.3, -0.25) is 0 Å². The number of nitrogens with one attached hydrogen (secondary N) is 1. The Kier molecular flexibility index (Phi) is 6.24. The van der Waals surface area contributed by atoms with Crippen LogP contribution >= 0.6 is 0 Å². The summed E-state index contributed by atoms with van der Waals surface area (Å²) < 4.78 is 2.24. The molecule has 0 aliphatic carbocycles. The van der Waals surface area contributed by atoms with Crippen LogP contribution in [0.2, 0.25) is 0 Å². The van der Waals surface area contributed by atoms with E-state index in [1.165, 1.54) is 43.4 Å². The lowest BCUT2D eigenvalue weighted by Gasteiger charge is -2.17. The average Bonchev–Trinajstić information content (AvgIpc) is 2.81. The molecule has 0 spiro atoms. The van der Waals surface area contributed by atoms with E-state index in [0.29, 0.717) is 6.04 Å². The molecule has 116 valence electrons. The first kappa shape index (κ1) is 16.0. The lowest BCUT2D eigenvalue weighted by atomic mass is 10.0. The van der Waals surface area contributed by atoms with Crippen LogP contribution in [0.15, 0.2) is 24.3 Å². The van der Waals surface area contributed by atoms with Crippen LogP contribution in [0.3, 0.4) is 0 Å². The highest BCUT2D eigenvalue weighted by Gasteiger charge is 2.13. The minimum absolute atomic E-state index is 0.544. The minimum atomic E-state index is 0.544. The Morgan fingerprint density at radius 2 is 1.95 bits per heavy atom. The number of aryl methyl sites for hydroxylation is 1. The lowest BCUT2D eigenvalue weighted by Crippen LogP contribution is -2.31. The number of fused-ring (bicyclic) bond motifs is 1. The molecule has 1 N–H and O–H groups in total. The molecule has 1 aromatic heterocycles. The standard InChI is InChI=1S/C18H29N3/c1-4-6-7-8-11-15(19-5-2)14-18-20-16-12-9-10-13-17(16)21(18)3/h9-10,12-13,15,19H,4-8,11,14H2,1-3H3. The Balaban J connectivity index is 2.02. The predicted molar refractivity (Wildman–Crippen MR) is 90.6 cm³/mol. The minimum Gasteiger partial charge on any atom is -0.331 e. The fourth-order valence-electron chi connectivity index (χ4n) is 2.98. The third-order valence-corrected chi connectivity index (χ3v) is 4.21. The molecule has 0 amide bonds. The van der Waals surface area contributed by atoms with Crippen LogP contribution in [0, 0.1) is 0 Å². The maximum Gasteiger partial charge on any atom is 0.111 e. The normalized spacial score (nSPS) is 12.9. The summed E-state index contributed by atoms with van der Waals surface area (Å²) in [6.07, 6.45) is 7.58. The molecule has 0 aliphatic rings. The van der Waals surface area contributed by atoms with Crippen LogP contribution in [0.1, 0.15) is 51.8 Å². The molecule has 0 saturated carbocycles. The second-order valence-corrected chi connectivity index (χ2v) is 5.88. The van der Waals surface area contributed by atoms with Crippen LogP contribution < -0.4 is 5.32 Å². The summed E-state index contributed by atoms with van der Waals surface area (Å²) in [5.74, 6) is 1.19. The number of imidazole rings is 1. The molecule has 0 saturated heterocycles. The molecule has 3 heteroatoms. The van der Waals surface area contributed by atoms with Gasteiger partial charge in [0.05, 0.1) is 11.0 Å². The van der Waals surface area contributed by atoms with Crippen molar-refractivity contribution >= 4 is 11.0 Å². The van der Waals surface area contributed by atoms with Gasteiger partial charge in [0.1, 0.15) is 5.82 Å². The molecule has 2 rings (SSSR count). The Labute approximate surface area is 128 Å². The highest BCUT2D eigenvalue weighted by atomic mass is 15.1. The van der Waals surface area contributed by atoms with Gasteiger partial charge < -0.3 is 9.88 Å². The molecule has 2 aromatic rings. The molecule has 1 aromatic carbocycles. The number of likely N-dealkylation sites (N-methyl/N-ethyl adjacent to an activating group) is 1. The molecule has 3 nitrogen and oxygen atoms in total. The lowest BCUT2D eigenvalue weighted by molar-refractivity contribution is 0.453. The number of nitrogens with zero attached hydrogens (tertiary/aromatic N) is 2. The first-order valence-corrected chi connectivity index (χ1v) is 8.40. The van der Waals surface area contributed by atoms with Crippen molar-refractivity contribution in [1.29, 1.82) is 0 Å². The number of aromatic nitrogens is 2. The summed E-state index contributed by atoms with van der Waals surface area (Å²) in [5.41, 5.74) is 2.34. The average molecular weight is 287 g/mol. The summed E-state index contributed by atoms with van der Waals surface area (Å²) in [5, 5.41) is 3.63. The zero-order valence-corrected chi connectivity index (χ0v) is 13.7. The molecule has 0 bridgehead atoms. The third-order valence-electron chi connectivity index (χ3n) is 4.21. The van der Waals surface area contributed by atoms with Crippen LogP contribution in [-0.4, -0.2) is 22.1 Å². The van der Waals surface area contributed by atoms with Gasteiger partial charge in [-0.05, 0) is 25.1 Å². The Morgan fingerprint density at radius 1 is 1.14 bits per heavy atom. The second-order valence-electron chi connectivity index (χ2n) is 5.88. The van der Waals surface area contributed by atoms with Gasteiger partial charge in [0, 0.05) is 19.5 Å². The largest absolute Gasteiger partial charge is 0.331 e. The predicted octanol–water partition coefficient (Wildman–Crippen LogP) is 4.06. The highest BCUT2D eigenvalue weighted by Crippen LogP contribution is 2.17. The highest BCUT2D eigenvalue weighted by molar-refractivity contribution is 5.75. The van der Waals surface area contributed by atoms with E-state index >= 15 is 0 Å². The second kappa shape index (κ2) is 8.18. The van der Waals surface area contributed by atoms with Crippen molar-refractivity contribution in [3.05, 3.63) is 30.1 Å². The Morgan fingerprint density at radius 3 is 2.67 bits per heavy atom. The number of hydrogen-bond acceptors (Lipinski definition) is 2. The number of benzene rings is 1. The number of hydrogen-bond donors (Lipinski definition) is 1. The van der Waals surface area contributed by atoms with Crippen molar-refractivity contribution in [3.8, 4) is 0 Å². The van der Waals surface area contributed by atoms with E-state index in [-0.39, 0.29) is 0 Å². The van der Waals surface area contributed by atoms with Crippen LogP contribution in [0.4, 0.5) is 0 Å². The maximum absolute atomic E-state index is 4.80. The number of unbranched alkanes of at least 4 members (excludes halogenated alkanes) is 3. The smallest absolute Gasteiger partial charge is 0.111 e. The molecule has 1 heterocycles. The van der Waals surface area contributed by atoms with Crippen molar-refractivity contribution < 1.29 is 0 Å². The van der Waals surface area contributed by atoms with Crippen molar-refractivity contribution in [3.63, 3.8) is 0 Å². The van der Waals surface area contributed by atoms with Crippen molar-refractivity contribution in [2.75, 3.05) is 6.54 Å². The third kappa shape index (κ3) is 4.31. The van der Waals surface area contributed by atoms with Crippen LogP contribution in [0.25, 0.3) is 11.0 Å². The zero-order valence-electron chi connectivity index (χ0n) is 13.7. The molecule has 0 aliphatic heterocycles. The van der Waals surface area contributed by atoms with E-state index in [0.717, 1.165) is 18.5 Å². The van der Waals surface area contributed by atoms with Gasteiger partial charge >= 0.3 is 0 Å². The van der Waals surface area contributed by atoms with E-state index < -0.39 is 0 Å². The first-order valence-electron chi connectivity index (χ1n) is 8.40. The fourth-order valence-corrected chi connectivity index (χ4v) is 2.98. The molecule has 0 fully saturated rings. The van der Waals surface area contributed by atoms with Gasteiger partial charge in [0.2, 0.25) is 0 Å². The summed E-state index contributed by atoms with van der Waals surface area (Å²) in [6, 6.07) is 8.94. The number of rotatable bonds is 9. The summed E-state index contributed by atoms with van der Waals surface area (Å²) in [4.78, 5) is 4.80. The summed E-state index contributed by atoms with van der Waals surface area (Å²) >= 11 is 0. The van der Waals surface area contributed by atoms with Gasteiger partial charge in [-0.1, -0.05) is 51.7 Å². The van der Waals surface area contributed by atoms with Gasteiger partial charge in [0.25, 0.3) is 0 Å². The van der Waals surface area contributed by atoms with Gasteiger partial charge in [-0.15, -0.1) is 0 Å². The molecular formula is C18H29N3. The van der Waals surface area contributed by atoms with Crippen molar-refractivity contribution in [1.82, 2.24) is 14.9 Å². The zero-order chi connectivity index (χ0) is 15.1.